The Morgan fingerprint density at radius 1 is 1.21 bits per heavy atom. The first-order valence-corrected chi connectivity index (χ1v) is 4.59. The molecule has 3 heteroatoms. The van der Waals surface area contributed by atoms with Crippen molar-refractivity contribution in [3.63, 3.8) is 0 Å². The maximum Gasteiger partial charge on any atom is 0.243 e. The van der Waals surface area contributed by atoms with Crippen LogP contribution in [0.1, 0.15) is 11.3 Å². The van der Waals surface area contributed by atoms with Crippen molar-refractivity contribution in [2.24, 2.45) is 0 Å². The molecule has 70 valence electrons. The van der Waals surface area contributed by atoms with E-state index in [2.05, 4.69) is 23.0 Å². The van der Waals surface area contributed by atoms with E-state index in [1.54, 1.807) is 0 Å². The van der Waals surface area contributed by atoms with Gasteiger partial charge in [-0.05, 0) is 31.5 Å². The van der Waals surface area contributed by atoms with Gasteiger partial charge in [0, 0.05) is 6.07 Å². The molecule has 1 aromatic rings. The molecule has 1 aromatic heterocycles. The highest BCUT2D eigenvalue weighted by atomic mass is 16.3. The van der Waals surface area contributed by atoms with Gasteiger partial charge in [0.2, 0.25) is 5.71 Å². The maximum absolute atomic E-state index is 5.44. The molecule has 0 amide bonds. The summed E-state index contributed by atoms with van der Waals surface area (Å²) < 4.78 is 5.44. The highest BCUT2D eigenvalue weighted by molar-refractivity contribution is 5.76. The minimum atomic E-state index is 0.681. The molecule has 3 nitrogen and oxygen atoms in total. The van der Waals surface area contributed by atoms with Crippen LogP contribution in [0.5, 0.6) is 0 Å². The van der Waals surface area contributed by atoms with Crippen molar-refractivity contribution in [3.8, 4) is 11.4 Å². The minimum absolute atomic E-state index is 0.681. The molecule has 2 aliphatic rings. The summed E-state index contributed by atoms with van der Waals surface area (Å²) in [6.07, 6.45) is 0. The molecule has 3 rings (SSSR count). The highest BCUT2D eigenvalue weighted by Crippen LogP contribution is 2.25. The van der Waals surface area contributed by atoms with Gasteiger partial charge in [-0.1, -0.05) is 0 Å². The third kappa shape index (κ3) is 0.954. The maximum atomic E-state index is 5.44. The quantitative estimate of drug-likeness (QED) is 0.586. The van der Waals surface area contributed by atoms with Crippen molar-refractivity contribution >= 4 is 11.2 Å². The lowest BCUT2D eigenvalue weighted by Gasteiger charge is -1.96. The molecular weight excluding hydrogens is 176 g/mol. The number of nitrogens with zero attached hydrogens (tertiary/aromatic N) is 1. The number of hydrogen-bond acceptors (Lipinski definition) is 2. The fourth-order valence-corrected chi connectivity index (χ4v) is 1.76. The summed E-state index contributed by atoms with van der Waals surface area (Å²) in [5.41, 5.74) is 4.88. The van der Waals surface area contributed by atoms with Crippen LogP contribution in [0.4, 0.5) is 0 Å². The monoisotopic (exact) mass is 186 g/mol. The molecule has 0 saturated carbocycles. The van der Waals surface area contributed by atoms with E-state index in [4.69, 9.17) is 4.42 Å². The van der Waals surface area contributed by atoms with Gasteiger partial charge in [-0.3, -0.25) is 0 Å². The Labute approximate surface area is 81.1 Å². The van der Waals surface area contributed by atoms with Crippen LogP contribution in [0.2, 0.25) is 0 Å². The van der Waals surface area contributed by atoms with Crippen LogP contribution >= 0.6 is 0 Å². The lowest BCUT2D eigenvalue weighted by Crippen LogP contribution is -1.84. The zero-order valence-corrected chi connectivity index (χ0v) is 8.09. The second-order valence-corrected chi connectivity index (χ2v) is 3.64. The smallest absolute Gasteiger partial charge is 0.243 e. The van der Waals surface area contributed by atoms with Crippen LogP contribution < -0.4 is 0 Å². The van der Waals surface area contributed by atoms with Crippen molar-refractivity contribution in [1.29, 1.82) is 0 Å². The standard InChI is InChI=1S/C11H10N2O/c1-6-3-8-9(4-6)13-11-10(12-8)5-7(2)14-11/h3-5,12H,1-2H3. The Bertz CT molecular complexity index is 528. The number of nitrogens with one attached hydrogen (secondary N) is 1. The van der Waals surface area contributed by atoms with E-state index in [0.717, 1.165) is 22.7 Å². The topological polar surface area (TPSA) is 41.8 Å². The molecule has 1 aliphatic carbocycles. The molecule has 0 bridgehead atoms. The SMILES string of the molecule is Cc1cc2nc3oc(C)cc3[nH]c-2c1. The number of aryl methyl sites for hydroxylation is 2. The molecule has 14 heavy (non-hydrogen) atoms. The Kier molecular flexibility index (Phi) is 1.29. The van der Waals surface area contributed by atoms with Gasteiger partial charge in [-0.25, -0.2) is 4.98 Å². The highest BCUT2D eigenvalue weighted by Gasteiger charge is 2.10. The van der Waals surface area contributed by atoms with Crippen LogP contribution in [-0.4, -0.2) is 9.97 Å². The van der Waals surface area contributed by atoms with Crippen LogP contribution in [0, 0.1) is 13.8 Å². The van der Waals surface area contributed by atoms with Gasteiger partial charge in [0.25, 0.3) is 0 Å². The first kappa shape index (κ1) is 7.62. The third-order valence-corrected chi connectivity index (χ3v) is 2.34. The molecule has 0 spiro atoms. The number of aromatic amines is 1. The number of hydrogen-bond donors (Lipinski definition) is 1. The number of rotatable bonds is 0. The van der Waals surface area contributed by atoms with Crippen LogP contribution in [0.15, 0.2) is 22.6 Å². The zero-order valence-electron chi connectivity index (χ0n) is 8.09. The fourth-order valence-electron chi connectivity index (χ4n) is 1.76. The molecule has 0 radical (unpaired) electrons. The largest absolute Gasteiger partial charge is 0.442 e. The van der Waals surface area contributed by atoms with Crippen molar-refractivity contribution in [3.05, 3.63) is 29.5 Å². The summed E-state index contributed by atoms with van der Waals surface area (Å²) in [5, 5.41) is 0. The van der Waals surface area contributed by atoms with E-state index in [1.807, 2.05) is 19.1 Å². The average Bonchev–Trinajstić information content (AvgIpc) is 2.59. The first-order valence-electron chi connectivity index (χ1n) is 4.59. The summed E-state index contributed by atoms with van der Waals surface area (Å²) in [7, 11) is 0. The first-order chi connectivity index (χ1) is 6.72. The van der Waals surface area contributed by atoms with E-state index in [-0.39, 0.29) is 0 Å². The second kappa shape index (κ2) is 2.38. The molecule has 0 aromatic carbocycles. The van der Waals surface area contributed by atoms with E-state index in [1.165, 1.54) is 5.56 Å². The number of furan rings is 1. The molecular formula is C11H10N2O. The van der Waals surface area contributed by atoms with E-state index >= 15 is 0 Å². The lowest BCUT2D eigenvalue weighted by atomic mass is 10.3. The van der Waals surface area contributed by atoms with Gasteiger partial charge in [-0.2, -0.15) is 0 Å². The second-order valence-electron chi connectivity index (χ2n) is 3.64. The summed E-state index contributed by atoms with van der Waals surface area (Å²) in [6, 6.07) is 6.09. The Morgan fingerprint density at radius 2 is 2.07 bits per heavy atom. The Hall–Kier alpha value is -1.77. The number of aromatic nitrogens is 2. The van der Waals surface area contributed by atoms with Crippen LogP contribution in [0.25, 0.3) is 22.6 Å². The predicted molar refractivity (Wildman–Crippen MR) is 54.5 cm³/mol. The van der Waals surface area contributed by atoms with Gasteiger partial charge in [0.15, 0.2) is 0 Å². The lowest BCUT2D eigenvalue weighted by molar-refractivity contribution is 0.567. The summed E-state index contributed by atoms with van der Waals surface area (Å²) in [4.78, 5) is 7.72. The van der Waals surface area contributed by atoms with Crippen molar-refractivity contribution < 1.29 is 4.42 Å². The Balaban J connectivity index is 2.45. The van der Waals surface area contributed by atoms with Gasteiger partial charge < -0.3 is 9.40 Å². The molecule has 0 atom stereocenters. The normalized spacial score (nSPS) is 11.6. The van der Waals surface area contributed by atoms with Gasteiger partial charge in [0.1, 0.15) is 11.3 Å². The zero-order chi connectivity index (χ0) is 9.71. The number of fused-ring (bicyclic) bond motifs is 2. The molecule has 0 unspecified atom stereocenters. The molecule has 1 aliphatic heterocycles. The van der Waals surface area contributed by atoms with Crippen molar-refractivity contribution in [2.45, 2.75) is 13.8 Å². The van der Waals surface area contributed by atoms with E-state index in [9.17, 15) is 0 Å². The van der Waals surface area contributed by atoms with Crippen LogP contribution in [0.3, 0.4) is 0 Å². The van der Waals surface area contributed by atoms with Gasteiger partial charge in [0.05, 0.1) is 11.4 Å². The molecule has 0 saturated heterocycles. The van der Waals surface area contributed by atoms with Gasteiger partial charge in [-0.15, -0.1) is 0 Å². The molecule has 0 fully saturated rings. The number of H-pyrrole nitrogens is 1. The van der Waals surface area contributed by atoms with E-state index in [0.29, 0.717) is 5.71 Å². The third-order valence-electron chi connectivity index (χ3n) is 2.34. The summed E-state index contributed by atoms with van der Waals surface area (Å²) in [5.74, 6) is 0.883. The minimum Gasteiger partial charge on any atom is -0.442 e. The summed E-state index contributed by atoms with van der Waals surface area (Å²) >= 11 is 0. The Morgan fingerprint density at radius 3 is 2.93 bits per heavy atom. The average molecular weight is 186 g/mol. The van der Waals surface area contributed by atoms with Gasteiger partial charge >= 0.3 is 0 Å². The van der Waals surface area contributed by atoms with Crippen LogP contribution in [-0.2, 0) is 0 Å². The van der Waals surface area contributed by atoms with E-state index < -0.39 is 0 Å². The van der Waals surface area contributed by atoms with Crippen molar-refractivity contribution in [2.75, 3.05) is 0 Å². The predicted octanol–water partition coefficient (Wildman–Crippen LogP) is 2.88. The molecule has 1 N–H and O–H groups in total. The summed E-state index contributed by atoms with van der Waals surface area (Å²) in [6.45, 7) is 3.98. The van der Waals surface area contributed by atoms with Crippen molar-refractivity contribution in [1.82, 2.24) is 9.97 Å². The fraction of sp³-hybridized carbons (Fsp3) is 0.182. The molecule has 2 heterocycles.